The van der Waals surface area contributed by atoms with Crippen LogP contribution in [0.4, 0.5) is 10.5 Å². The largest absolute Gasteiger partial charge is 0.335 e. The highest BCUT2D eigenvalue weighted by molar-refractivity contribution is 5.89. The van der Waals surface area contributed by atoms with E-state index >= 15 is 0 Å². The molecule has 0 atom stereocenters. The van der Waals surface area contributed by atoms with Crippen LogP contribution in [-0.2, 0) is 4.79 Å². The molecule has 96 valence electrons. The molecular formula is C14H18N2O2. The zero-order valence-electron chi connectivity index (χ0n) is 10.5. The maximum atomic E-state index is 11.7. The van der Waals surface area contributed by atoms with Gasteiger partial charge in [0.25, 0.3) is 0 Å². The molecule has 4 nitrogen and oxygen atoms in total. The lowest BCUT2D eigenvalue weighted by Gasteiger charge is -2.22. The molecule has 0 aromatic heterocycles. The van der Waals surface area contributed by atoms with E-state index in [1.165, 1.54) is 0 Å². The second kappa shape index (κ2) is 5.67. The first kappa shape index (κ1) is 12.6. The highest BCUT2D eigenvalue weighted by atomic mass is 16.2. The number of hydrogen-bond donors (Lipinski definition) is 2. The van der Waals surface area contributed by atoms with Gasteiger partial charge >= 0.3 is 6.03 Å². The van der Waals surface area contributed by atoms with Crippen molar-refractivity contribution in [3.63, 3.8) is 0 Å². The van der Waals surface area contributed by atoms with Crippen molar-refractivity contribution in [1.82, 2.24) is 5.32 Å². The van der Waals surface area contributed by atoms with Crippen LogP contribution in [0.5, 0.6) is 0 Å². The van der Waals surface area contributed by atoms with Gasteiger partial charge < -0.3 is 10.6 Å². The molecule has 0 spiro atoms. The summed E-state index contributed by atoms with van der Waals surface area (Å²) in [5.74, 6) is 0.298. The Balaban J connectivity index is 1.81. The van der Waals surface area contributed by atoms with Crippen LogP contribution in [0.15, 0.2) is 24.3 Å². The van der Waals surface area contributed by atoms with Crippen molar-refractivity contribution in [2.75, 3.05) is 5.32 Å². The van der Waals surface area contributed by atoms with E-state index in [1.807, 2.05) is 31.2 Å². The van der Waals surface area contributed by atoms with Crippen molar-refractivity contribution in [2.24, 2.45) is 0 Å². The van der Waals surface area contributed by atoms with Crippen molar-refractivity contribution < 1.29 is 9.59 Å². The molecule has 1 aromatic carbocycles. The number of rotatable bonds is 2. The summed E-state index contributed by atoms with van der Waals surface area (Å²) in [5.41, 5.74) is 1.94. The van der Waals surface area contributed by atoms with Gasteiger partial charge in [-0.25, -0.2) is 4.79 Å². The van der Waals surface area contributed by atoms with Gasteiger partial charge in [-0.2, -0.15) is 0 Å². The second-order valence-corrected chi connectivity index (χ2v) is 4.78. The predicted molar refractivity (Wildman–Crippen MR) is 70.6 cm³/mol. The molecule has 0 radical (unpaired) electrons. The number of aryl methyl sites for hydroxylation is 1. The van der Waals surface area contributed by atoms with Crippen molar-refractivity contribution >= 4 is 17.5 Å². The molecule has 1 aliphatic carbocycles. The lowest BCUT2D eigenvalue weighted by molar-refractivity contribution is -0.120. The van der Waals surface area contributed by atoms with Gasteiger partial charge in [-0.3, -0.25) is 4.79 Å². The normalized spacial score (nSPS) is 16.4. The van der Waals surface area contributed by atoms with E-state index in [4.69, 9.17) is 0 Å². The number of anilines is 1. The van der Waals surface area contributed by atoms with Gasteiger partial charge in [0.2, 0.25) is 0 Å². The lowest BCUT2D eigenvalue weighted by Crippen LogP contribution is -2.40. The van der Waals surface area contributed by atoms with E-state index in [1.54, 1.807) is 0 Å². The van der Waals surface area contributed by atoms with Crippen LogP contribution in [0.3, 0.4) is 0 Å². The molecule has 0 bridgehead atoms. The fourth-order valence-corrected chi connectivity index (χ4v) is 2.07. The van der Waals surface area contributed by atoms with Crippen LogP contribution in [-0.4, -0.2) is 17.9 Å². The highest BCUT2D eigenvalue weighted by Crippen LogP contribution is 2.15. The van der Waals surface area contributed by atoms with Crippen molar-refractivity contribution in [3.05, 3.63) is 29.8 Å². The first-order chi connectivity index (χ1) is 8.63. The monoisotopic (exact) mass is 246 g/mol. The topological polar surface area (TPSA) is 58.2 Å². The molecule has 18 heavy (non-hydrogen) atoms. The summed E-state index contributed by atoms with van der Waals surface area (Å²) in [4.78, 5) is 22.8. The first-order valence-corrected chi connectivity index (χ1v) is 6.29. The lowest BCUT2D eigenvalue weighted by atomic mass is 9.94. The van der Waals surface area contributed by atoms with E-state index < -0.39 is 0 Å². The molecular weight excluding hydrogens is 228 g/mol. The van der Waals surface area contributed by atoms with Gasteiger partial charge in [0, 0.05) is 24.6 Å². The smallest absolute Gasteiger partial charge is 0.319 e. The molecule has 1 fully saturated rings. The van der Waals surface area contributed by atoms with Crippen LogP contribution >= 0.6 is 0 Å². The Bertz CT molecular complexity index is 430. The van der Waals surface area contributed by atoms with Crippen LogP contribution in [0.2, 0.25) is 0 Å². The highest BCUT2D eigenvalue weighted by Gasteiger charge is 2.19. The van der Waals surface area contributed by atoms with E-state index in [-0.39, 0.29) is 12.1 Å². The summed E-state index contributed by atoms with van der Waals surface area (Å²) in [6.07, 6.45) is 2.66. The summed E-state index contributed by atoms with van der Waals surface area (Å²) in [6.45, 7) is 2.00. The van der Waals surface area contributed by atoms with Gasteiger partial charge in [0.15, 0.2) is 0 Å². The summed E-state index contributed by atoms with van der Waals surface area (Å²) < 4.78 is 0. The Kier molecular flexibility index (Phi) is 3.97. The Morgan fingerprint density at radius 3 is 2.39 bits per heavy atom. The number of ketones is 1. The van der Waals surface area contributed by atoms with Crippen molar-refractivity contribution in [3.8, 4) is 0 Å². The maximum Gasteiger partial charge on any atom is 0.319 e. The number of Topliss-reactive ketones (excluding diaryl/α,β-unsaturated/α-hetero) is 1. The van der Waals surface area contributed by atoms with Gasteiger partial charge in [-0.1, -0.05) is 17.7 Å². The van der Waals surface area contributed by atoms with Gasteiger partial charge in [0.05, 0.1) is 0 Å². The van der Waals surface area contributed by atoms with Crippen LogP contribution < -0.4 is 10.6 Å². The fourth-order valence-electron chi connectivity index (χ4n) is 2.07. The van der Waals surface area contributed by atoms with Crippen molar-refractivity contribution in [1.29, 1.82) is 0 Å². The molecule has 1 aliphatic rings. The van der Waals surface area contributed by atoms with Crippen molar-refractivity contribution in [2.45, 2.75) is 38.6 Å². The Hall–Kier alpha value is -1.84. The number of carbonyl (C=O) groups is 2. The number of hydrogen-bond acceptors (Lipinski definition) is 2. The van der Waals surface area contributed by atoms with E-state index in [0.29, 0.717) is 18.6 Å². The van der Waals surface area contributed by atoms with E-state index in [9.17, 15) is 9.59 Å². The third-order valence-electron chi connectivity index (χ3n) is 3.19. The number of carbonyl (C=O) groups excluding carboxylic acids is 2. The zero-order valence-corrected chi connectivity index (χ0v) is 10.5. The number of urea groups is 1. The molecule has 0 heterocycles. The minimum atomic E-state index is -0.196. The standard InChI is InChI=1S/C14H18N2O2/c1-10-2-4-11(5-3-10)15-14(18)16-12-6-8-13(17)9-7-12/h2-5,12H,6-9H2,1H3,(H2,15,16,18). The first-order valence-electron chi connectivity index (χ1n) is 6.29. The second-order valence-electron chi connectivity index (χ2n) is 4.78. The number of amides is 2. The summed E-state index contributed by atoms with van der Waals surface area (Å²) >= 11 is 0. The molecule has 4 heteroatoms. The van der Waals surface area contributed by atoms with Gasteiger partial charge in [-0.15, -0.1) is 0 Å². The molecule has 2 rings (SSSR count). The molecule has 0 aliphatic heterocycles. The molecule has 1 saturated carbocycles. The van der Waals surface area contributed by atoms with Crippen LogP contribution in [0.25, 0.3) is 0 Å². The Labute approximate surface area is 107 Å². The Morgan fingerprint density at radius 2 is 1.78 bits per heavy atom. The molecule has 0 saturated heterocycles. The molecule has 1 aromatic rings. The van der Waals surface area contributed by atoms with Gasteiger partial charge in [0.1, 0.15) is 5.78 Å². The third kappa shape index (κ3) is 3.58. The minimum absolute atomic E-state index is 0.119. The summed E-state index contributed by atoms with van der Waals surface area (Å²) in [7, 11) is 0. The quantitative estimate of drug-likeness (QED) is 0.842. The molecule has 2 amide bonds. The van der Waals surface area contributed by atoms with Crippen LogP contribution in [0.1, 0.15) is 31.2 Å². The average Bonchev–Trinajstić information content (AvgIpc) is 2.35. The fraction of sp³-hybridized carbons (Fsp3) is 0.429. The molecule has 0 unspecified atom stereocenters. The maximum absolute atomic E-state index is 11.7. The SMILES string of the molecule is Cc1ccc(NC(=O)NC2CCC(=O)CC2)cc1. The summed E-state index contributed by atoms with van der Waals surface area (Å²) in [6, 6.07) is 7.58. The average molecular weight is 246 g/mol. The van der Waals surface area contributed by atoms with E-state index in [2.05, 4.69) is 10.6 Å². The number of nitrogens with one attached hydrogen (secondary N) is 2. The predicted octanol–water partition coefficient (Wildman–Crippen LogP) is 2.63. The number of benzene rings is 1. The minimum Gasteiger partial charge on any atom is -0.335 e. The Morgan fingerprint density at radius 1 is 1.17 bits per heavy atom. The van der Waals surface area contributed by atoms with E-state index in [0.717, 1.165) is 24.1 Å². The molecule has 2 N–H and O–H groups in total. The summed E-state index contributed by atoms with van der Waals surface area (Å²) in [5, 5.41) is 5.69. The van der Waals surface area contributed by atoms with Crippen LogP contribution in [0, 0.1) is 6.92 Å². The third-order valence-corrected chi connectivity index (χ3v) is 3.19. The zero-order chi connectivity index (χ0) is 13.0. The van der Waals surface area contributed by atoms with Gasteiger partial charge in [-0.05, 0) is 31.9 Å².